The van der Waals surface area contributed by atoms with Crippen LogP contribution in [0.2, 0.25) is 0 Å². The molecule has 4 rings (SSSR count). The highest BCUT2D eigenvalue weighted by molar-refractivity contribution is 6.06. The number of aryl methyl sites for hydroxylation is 1. The van der Waals surface area contributed by atoms with E-state index in [0.717, 1.165) is 10.9 Å². The second kappa shape index (κ2) is 8.22. The first-order chi connectivity index (χ1) is 14.3. The molecular weight excluding hydrogens is 382 g/mol. The van der Waals surface area contributed by atoms with Crippen LogP contribution in [-0.4, -0.2) is 64.6 Å². The Balaban J connectivity index is 1.47. The fraction of sp³-hybridized carbons (Fsp3) is 0.522. The molecule has 2 aliphatic heterocycles. The number of carbonyl (C=O) groups is 2. The summed E-state index contributed by atoms with van der Waals surface area (Å²) in [5, 5.41) is 0.777. The van der Waals surface area contributed by atoms with Crippen LogP contribution < -0.4 is 5.56 Å². The normalized spacial score (nSPS) is 23.0. The van der Waals surface area contributed by atoms with Gasteiger partial charge in [0.05, 0.1) is 23.3 Å². The predicted octanol–water partition coefficient (Wildman–Crippen LogP) is 2.03. The molecule has 2 unspecified atom stereocenters. The van der Waals surface area contributed by atoms with Gasteiger partial charge in [-0.15, -0.1) is 0 Å². The van der Waals surface area contributed by atoms with E-state index in [1.807, 2.05) is 43.0 Å². The van der Waals surface area contributed by atoms with E-state index in [1.54, 1.807) is 16.5 Å². The number of pyridine rings is 1. The number of amides is 2. The minimum Gasteiger partial charge on any atom is -0.372 e. The van der Waals surface area contributed by atoms with E-state index in [1.165, 1.54) is 6.07 Å². The first-order valence-corrected chi connectivity index (χ1v) is 10.7. The molecule has 0 bridgehead atoms. The number of likely N-dealkylation sites (tertiary alicyclic amines) is 1. The SMILES string of the molecule is CC1CN(C(=O)C2CCN(C(=O)c3cc(=O)n(C)c4ccccc34)CC2)CC(C)O1. The van der Waals surface area contributed by atoms with Gasteiger partial charge in [-0.25, -0.2) is 0 Å². The highest BCUT2D eigenvalue weighted by Crippen LogP contribution is 2.25. The van der Waals surface area contributed by atoms with Gasteiger partial charge in [0.1, 0.15) is 0 Å². The van der Waals surface area contributed by atoms with Gasteiger partial charge >= 0.3 is 0 Å². The van der Waals surface area contributed by atoms with Gasteiger partial charge in [-0.05, 0) is 32.8 Å². The van der Waals surface area contributed by atoms with E-state index in [0.29, 0.717) is 44.6 Å². The summed E-state index contributed by atoms with van der Waals surface area (Å²) in [5.41, 5.74) is 0.987. The Hall–Kier alpha value is -2.67. The number of fused-ring (bicyclic) bond motifs is 1. The van der Waals surface area contributed by atoms with Crippen molar-refractivity contribution in [1.82, 2.24) is 14.4 Å². The maximum Gasteiger partial charge on any atom is 0.254 e. The molecule has 160 valence electrons. The smallest absolute Gasteiger partial charge is 0.254 e. The fourth-order valence-electron chi connectivity index (χ4n) is 4.70. The number of rotatable bonds is 2. The number of aromatic nitrogens is 1. The molecule has 2 aliphatic rings. The molecule has 7 heteroatoms. The lowest BCUT2D eigenvalue weighted by Crippen LogP contribution is -2.51. The molecule has 1 aromatic carbocycles. The molecule has 0 saturated carbocycles. The molecule has 2 atom stereocenters. The molecule has 2 fully saturated rings. The van der Waals surface area contributed by atoms with Crippen LogP contribution in [-0.2, 0) is 16.6 Å². The molecule has 2 saturated heterocycles. The average Bonchev–Trinajstić information content (AvgIpc) is 2.75. The molecule has 0 aliphatic carbocycles. The van der Waals surface area contributed by atoms with Gasteiger partial charge in [-0.3, -0.25) is 14.4 Å². The number of carbonyl (C=O) groups excluding carboxylic acids is 2. The number of nitrogens with zero attached hydrogens (tertiary/aromatic N) is 3. The first kappa shape index (κ1) is 20.6. The van der Waals surface area contributed by atoms with Crippen LogP contribution in [0.25, 0.3) is 10.9 Å². The van der Waals surface area contributed by atoms with Crippen LogP contribution >= 0.6 is 0 Å². The molecule has 7 nitrogen and oxygen atoms in total. The predicted molar refractivity (Wildman–Crippen MR) is 114 cm³/mol. The summed E-state index contributed by atoms with van der Waals surface area (Å²) in [6.45, 7) is 6.28. The van der Waals surface area contributed by atoms with Gasteiger partial charge in [-0.1, -0.05) is 18.2 Å². The fourth-order valence-corrected chi connectivity index (χ4v) is 4.70. The van der Waals surface area contributed by atoms with Crippen LogP contribution in [0.3, 0.4) is 0 Å². The number of morpholine rings is 1. The maximum absolute atomic E-state index is 13.2. The molecule has 0 radical (unpaired) electrons. The Labute approximate surface area is 176 Å². The zero-order valence-electron chi connectivity index (χ0n) is 17.8. The molecule has 1 aromatic heterocycles. The average molecular weight is 412 g/mol. The van der Waals surface area contributed by atoms with Crippen LogP contribution in [0, 0.1) is 5.92 Å². The Morgan fingerprint density at radius 1 is 1.00 bits per heavy atom. The lowest BCUT2D eigenvalue weighted by molar-refractivity contribution is -0.148. The number of hydrogen-bond acceptors (Lipinski definition) is 4. The molecule has 2 amide bonds. The highest BCUT2D eigenvalue weighted by Gasteiger charge is 2.34. The summed E-state index contributed by atoms with van der Waals surface area (Å²) in [7, 11) is 1.71. The monoisotopic (exact) mass is 411 g/mol. The van der Waals surface area contributed by atoms with E-state index in [2.05, 4.69) is 0 Å². The van der Waals surface area contributed by atoms with Crippen molar-refractivity contribution < 1.29 is 14.3 Å². The minimum absolute atomic E-state index is 0.0494. The van der Waals surface area contributed by atoms with E-state index in [-0.39, 0.29) is 35.5 Å². The highest BCUT2D eigenvalue weighted by atomic mass is 16.5. The standard InChI is InChI=1S/C23H29N3O4/c1-15-13-26(14-16(2)30-15)22(28)17-8-10-25(11-9-17)23(29)19-12-21(27)24(3)20-7-5-4-6-18(19)20/h4-7,12,15-17H,8-11,13-14H2,1-3H3. The zero-order valence-corrected chi connectivity index (χ0v) is 17.8. The van der Waals surface area contributed by atoms with Gasteiger partial charge in [0.2, 0.25) is 5.91 Å². The largest absolute Gasteiger partial charge is 0.372 e. The molecule has 0 spiro atoms. The summed E-state index contributed by atoms with van der Waals surface area (Å²) in [4.78, 5) is 42.2. The van der Waals surface area contributed by atoms with Crippen molar-refractivity contribution in [3.05, 3.63) is 46.2 Å². The Bertz CT molecular complexity index is 1010. The number of hydrogen-bond donors (Lipinski definition) is 0. The van der Waals surface area contributed by atoms with Crippen LogP contribution in [0.5, 0.6) is 0 Å². The van der Waals surface area contributed by atoms with E-state index < -0.39 is 0 Å². The molecule has 0 N–H and O–H groups in total. The second-order valence-electron chi connectivity index (χ2n) is 8.54. The number of ether oxygens (including phenoxy) is 1. The summed E-state index contributed by atoms with van der Waals surface area (Å²) in [6.07, 6.45) is 1.39. The topological polar surface area (TPSA) is 71.9 Å². The Morgan fingerprint density at radius 2 is 1.63 bits per heavy atom. The number of piperidine rings is 1. The number of benzene rings is 1. The lowest BCUT2D eigenvalue weighted by atomic mass is 9.94. The van der Waals surface area contributed by atoms with Gasteiger partial charge in [-0.2, -0.15) is 0 Å². The zero-order chi connectivity index (χ0) is 21.4. The third kappa shape index (κ3) is 3.86. The Morgan fingerprint density at radius 3 is 2.30 bits per heavy atom. The second-order valence-corrected chi connectivity index (χ2v) is 8.54. The van der Waals surface area contributed by atoms with Crippen molar-refractivity contribution in [2.45, 2.75) is 38.9 Å². The van der Waals surface area contributed by atoms with Gasteiger partial charge in [0.15, 0.2) is 0 Å². The molecule has 3 heterocycles. The summed E-state index contributed by atoms with van der Waals surface area (Å²) in [5.74, 6) is -0.0292. The summed E-state index contributed by atoms with van der Waals surface area (Å²) < 4.78 is 7.29. The molecule has 30 heavy (non-hydrogen) atoms. The molecular formula is C23H29N3O4. The van der Waals surface area contributed by atoms with Crippen molar-refractivity contribution in [1.29, 1.82) is 0 Å². The van der Waals surface area contributed by atoms with Crippen molar-refractivity contribution >= 4 is 22.7 Å². The third-order valence-electron chi connectivity index (χ3n) is 6.25. The Kier molecular flexibility index (Phi) is 5.64. The third-order valence-corrected chi connectivity index (χ3v) is 6.25. The van der Waals surface area contributed by atoms with Crippen molar-refractivity contribution in [3.63, 3.8) is 0 Å². The lowest BCUT2D eigenvalue weighted by Gasteiger charge is -2.39. The molecule has 2 aromatic rings. The maximum atomic E-state index is 13.2. The summed E-state index contributed by atoms with van der Waals surface area (Å²) in [6, 6.07) is 8.89. The quantitative estimate of drug-likeness (QED) is 0.758. The van der Waals surface area contributed by atoms with Crippen molar-refractivity contribution in [3.8, 4) is 0 Å². The van der Waals surface area contributed by atoms with Crippen LogP contribution in [0.4, 0.5) is 0 Å². The van der Waals surface area contributed by atoms with E-state index in [4.69, 9.17) is 4.74 Å². The van der Waals surface area contributed by atoms with E-state index >= 15 is 0 Å². The van der Waals surface area contributed by atoms with Crippen molar-refractivity contribution in [2.75, 3.05) is 26.2 Å². The van der Waals surface area contributed by atoms with Crippen LogP contribution in [0.15, 0.2) is 35.1 Å². The van der Waals surface area contributed by atoms with Gasteiger partial charge in [0, 0.05) is 50.6 Å². The first-order valence-electron chi connectivity index (χ1n) is 10.7. The summed E-state index contributed by atoms with van der Waals surface area (Å²) >= 11 is 0. The number of para-hydroxylation sites is 1. The minimum atomic E-state index is -0.197. The van der Waals surface area contributed by atoms with Crippen molar-refractivity contribution in [2.24, 2.45) is 13.0 Å². The van der Waals surface area contributed by atoms with Crippen LogP contribution in [0.1, 0.15) is 37.0 Å². The van der Waals surface area contributed by atoms with Gasteiger partial charge < -0.3 is 19.1 Å². The van der Waals surface area contributed by atoms with E-state index in [9.17, 15) is 14.4 Å². The van der Waals surface area contributed by atoms with Gasteiger partial charge in [0.25, 0.3) is 11.5 Å².